The van der Waals surface area contributed by atoms with Crippen molar-refractivity contribution in [3.63, 3.8) is 0 Å². The summed E-state index contributed by atoms with van der Waals surface area (Å²) in [6.07, 6.45) is 6.45. The van der Waals surface area contributed by atoms with Crippen molar-refractivity contribution in [3.8, 4) is 0 Å². The summed E-state index contributed by atoms with van der Waals surface area (Å²) in [5, 5.41) is 24.7. The molecule has 0 spiro atoms. The standard InChI is InChI=1S/C24H36N2O3/c1-18(2)7-6-14-26-15-12-21(13-16-26)25-23(28)24(29,19-8-4-3-5-9-19)20-10-11-22(27)17-20/h3-5,7-9,20-22,27,29H,6,10-17H2,1-2H3,(H,25,28)/t20?,22?,24-/m0/s1. The number of benzene rings is 1. The molecule has 2 unspecified atom stereocenters. The summed E-state index contributed by atoms with van der Waals surface area (Å²) in [6, 6.07) is 9.31. The number of rotatable bonds is 7. The molecule has 1 heterocycles. The van der Waals surface area contributed by atoms with Gasteiger partial charge in [0.25, 0.3) is 5.91 Å². The van der Waals surface area contributed by atoms with Crippen molar-refractivity contribution in [1.29, 1.82) is 0 Å². The molecule has 0 bridgehead atoms. The highest BCUT2D eigenvalue weighted by Crippen LogP contribution is 2.41. The monoisotopic (exact) mass is 400 g/mol. The predicted molar refractivity (Wildman–Crippen MR) is 115 cm³/mol. The Morgan fingerprint density at radius 2 is 1.86 bits per heavy atom. The van der Waals surface area contributed by atoms with Gasteiger partial charge in [-0.05, 0) is 57.9 Å². The largest absolute Gasteiger partial charge is 0.393 e. The average Bonchev–Trinajstić information content (AvgIpc) is 3.16. The molecular formula is C24H36N2O3. The third-order valence-electron chi connectivity index (χ3n) is 6.48. The lowest BCUT2D eigenvalue weighted by Gasteiger charge is -2.37. The van der Waals surface area contributed by atoms with Crippen LogP contribution < -0.4 is 5.32 Å². The number of nitrogens with one attached hydrogen (secondary N) is 1. The number of nitrogens with zero attached hydrogens (tertiary/aromatic N) is 1. The number of hydrogen-bond acceptors (Lipinski definition) is 4. The van der Waals surface area contributed by atoms with Crippen molar-refractivity contribution in [3.05, 3.63) is 47.5 Å². The molecule has 0 aromatic heterocycles. The molecule has 1 aliphatic carbocycles. The third-order valence-corrected chi connectivity index (χ3v) is 6.48. The first-order chi connectivity index (χ1) is 13.9. The Hall–Kier alpha value is -1.69. The van der Waals surface area contributed by atoms with Crippen molar-refractivity contribution in [2.24, 2.45) is 5.92 Å². The lowest BCUT2D eigenvalue weighted by molar-refractivity contribution is -0.148. The summed E-state index contributed by atoms with van der Waals surface area (Å²) in [6.45, 7) is 7.23. The van der Waals surface area contributed by atoms with Crippen LogP contribution in [0.4, 0.5) is 0 Å². The SMILES string of the molecule is CC(C)=CCCN1CCC(NC(=O)[C@](O)(c2ccccc2)C2CCC(O)C2)CC1. The van der Waals surface area contributed by atoms with Gasteiger partial charge in [0.2, 0.25) is 0 Å². The second kappa shape index (κ2) is 9.88. The van der Waals surface area contributed by atoms with Crippen LogP contribution in [0.3, 0.4) is 0 Å². The van der Waals surface area contributed by atoms with E-state index in [1.54, 1.807) is 0 Å². The number of allylic oxidation sites excluding steroid dienone is 1. The van der Waals surface area contributed by atoms with Crippen LogP contribution in [0.5, 0.6) is 0 Å². The number of aliphatic hydroxyl groups excluding tert-OH is 1. The quantitative estimate of drug-likeness (QED) is 0.615. The van der Waals surface area contributed by atoms with Gasteiger partial charge in [0.05, 0.1) is 6.10 Å². The van der Waals surface area contributed by atoms with E-state index in [9.17, 15) is 15.0 Å². The molecule has 3 rings (SSSR count). The van der Waals surface area contributed by atoms with Gasteiger partial charge in [-0.15, -0.1) is 0 Å². The van der Waals surface area contributed by atoms with E-state index in [1.165, 1.54) is 5.57 Å². The van der Waals surface area contributed by atoms with Gasteiger partial charge in [-0.25, -0.2) is 0 Å². The van der Waals surface area contributed by atoms with Crippen LogP contribution in [-0.4, -0.2) is 52.8 Å². The Morgan fingerprint density at radius 3 is 2.45 bits per heavy atom. The molecule has 1 saturated heterocycles. The second-order valence-corrected chi connectivity index (χ2v) is 8.96. The van der Waals surface area contributed by atoms with Gasteiger partial charge in [0, 0.05) is 31.6 Å². The van der Waals surface area contributed by atoms with E-state index in [0.29, 0.717) is 24.8 Å². The van der Waals surface area contributed by atoms with Crippen LogP contribution >= 0.6 is 0 Å². The van der Waals surface area contributed by atoms with Gasteiger partial charge in [0.15, 0.2) is 5.60 Å². The van der Waals surface area contributed by atoms with E-state index >= 15 is 0 Å². The summed E-state index contributed by atoms with van der Waals surface area (Å²) in [5.74, 6) is -0.574. The normalized spacial score (nSPS) is 25.4. The van der Waals surface area contributed by atoms with E-state index in [-0.39, 0.29) is 17.9 Å². The van der Waals surface area contributed by atoms with Crippen molar-refractivity contribution in [2.45, 2.75) is 70.1 Å². The summed E-state index contributed by atoms with van der Waals surface area (Å²) in [7, 11) is 0. The molecule has 1 aromatic carbocycles. The number of carbonyl (C=O) groups excluding carboxylic acids is 1. The molecule has 0 radical (unpaired) electrons. The Balaban J connectivity index is 1.62. The molecule has 1 saturated carbocycles. The first kappa shape index (κ1) is 22.0. The number of amides is 1. The summed E-state index contributed by atoms with van der Waals surface area (Å²) in [5.41, 5.74) is 0.388. The molecule has 1 aliphatic heterocycles. The first-order valence-electron chi connectivity index (χ1n) is 11.0. The minimum absolute atomic E-state index is 0.0868. The lowest BCUT2D eigenvalue weighted by Crippen LogP contribution is -2.54. The molecule has 29 heavy (non-hydrogen) atoms. The molecule has 5 heteroatoms. The van der Waals surface area contributed by atoms with E-state index in [0.717, 1.165) is 38.9 Å². The maximum absolute atomic E-state index is 13.3. The minimum Gasteiger partial charge on any atom is -0.393 e. The Kier molecular flexibility index (Phi) is 7.49. The van der Waals surface area contributed by atoms with Crippen LogP contribution in [0.25, 0.3) is 0 Å². The summed E-state index contributed by atoms with van der Waals surface area (Å²) < 4.78 is 0. The van der Waals surface area contributed by atoms with Gasteiger partial charge in [-0.1, -0.05) is 42.0 Å². The molecule has 2 fully saturated rings. The number of likely N-dealkylation sites (tertiary alicyclic amines) is 1. The highest BCUT2D eigenvalue weighted by atomic mass is 16.3. The number of aliphatic hydroxyl groups is 2. The van der Waals surface area contributed by atoms with Crippen LogP contribution in [0.2, 0.25) is 0 Å². The zero-order valence-corrected chi connectivity index (χ0v) is 17.8. The van der Waals surface area contributed by atoms with Gasteiger partial charge >= 0.3 is 0 Å². The molecule has 2 aliphatic rings. The van der Waals surface area contributed by atoms with Gasteiger partial charge in [0.1, 0.15) is 0 Å². The summed E-state index contributed by atoms with van der Waals surface area (Å²) in [4.78, 5) is 15.7. The molecule has 3 N–H and O–H groups in total. The lowest BCUT2D eigenvalue weighted by atomic mass is 9.79. The molecule has 1 amide bonds. The van der Waals surface area contributed by atoms with E-state index in [1.807, 2.05) is 30.3 Å². The molecular weight excluding hydrogens is 364 g/mol. The van der Waals surface area contributed by atoms with Crippen molar-refractivity contribution in [2.75, 3.05) is 19.6 Å². The van der Waals surface area contributed by atoms with Gasteiger partial charge in [-0.2, -0.15) is 0 Å². The average molecular weight is 401 g/mol. The maximum Gasteiger partial charge on any atom is 0.257 e. The van der Waals surface area contributed by atoms with Gasteiger partial charge in [-0.3, -0.25) is 4.79 Å². The Bertz CT molecular complexity index is 693. The Labute approximate surface area is 174 Å². The van der Waals surface area contributed by atoms with Crippen LogP contribution in [0.15, 0.2) is 42.0 Å². The number of piperidine rings is 1. The highest BCUT2D eigenvalue weighted by molar-refractivity contribution is 5.87. The van der Waals surface area contributed by atoms with E-state index < -0.39 is 11.7 Å². The molecule has 160 valence electrons. The van der Waals surface area contributed by atoms with Crippen molar-refractivity contribution >= 4 is 5.91 Å². The van der Waals surface area contributed by atoms with Crippen LogP contribution in [-0.2, 0) is 10.4 Å². The highest BCUT2D eigenvalue weighted by Gasteiger charge is 2.48. The zero-order chi connectivity index (χ0) is 20.9. The van der Waals surface area contributed by atoms with E-state index in [2.05, 4.69) is 30.1 Å². The number of hydrogen-bond donors (Lipinski definition) is 3. The summed E-state index contributed by atoms with van der Waals surface area (Å²) >= 11 is 0. The predicted octanol–water partition coefficient (Wildman–Crippen LogP) is 2.97. The zero-order valence-electron chi connectivity index (χ0n) is 17.8. The number of carbonyl (C=O) groups is 1. The fraction of sp³-hybridized carbons (Fsp3) is 0.625. The topological polar surface area (TPSA) is 72.8 Å². The fourth-order valence-electron chi connectivity index (χ4n) is 4.71. The maximum atomic E-state index is 13.3. The van der Waals surface area contributed by atoms with E-state index in [4.69, 9.17) is 0 Å². The van der Waals surface area contributed by atoms with Crippen LogP contribution in [0, 0.1) is 5.92 Å². The van der Waals surface area contributed by atoms with Crippen molar-refractivity contribution < 1.29 is 15.0 Å². The smallest absolute Gasteiger partial charge is 0.257 e. The van der Waals surface area contributed by atoms with Crippen LogP contribution in [0.1, 0.15) is 57.9 Å². The minimum atomic E-state index is -1.58. The van der Waals surface area contributed by atoms with Crippen molar-refractivity contribution in [1.82, 2.24) is 10.2 Å². The molecule has 5 nitrogen and oxygen atoms in total. The van der Waals surface area contributed by atoms with Gasteiger partial charge < -0.3 is 20.4 Å². The molecule has 1 aromatic rings. The second-order valence-electron chi connectivity index (χ2n) is 8.96. The molecule has 3 atom stereocenters. The first-order valence-corrected chi connectivity index (χ1v) is 11.0. The fourth-order valence-corrected chi connectivity index (χ4v) is 4.71. The third kappa shape index (κ3) is 5.47. The Morgan fingerprint density at radius 1 is 1.17 bits per heavy atom.